The quantitative estimate of drug-likeness (QED) is 0.492. The molecule has 0 fully saturated rings. The number of carbonyl (C=O) groups excluding carboxylic acids is 2. The molecule has 0 radical (unpaired) electrons. The molecule has 0 unspecified atom stereocenters. The van der Waals surface area contributed by atoms with Crippen LogP contribution in [0.3, 0.4) is 0 Å². The SMILES string of the molecule is COC(=O)NC(C)(C)c1nc(-c2ccc(C)c(NC(=O)c3cnc4ccccn34)c2)no1. The molecule has 32 heavy (non-hydrogen) atoms. The van der Waals surface area contributed by atoms with E-state index in [9.17, 15) is 9.59 Å². The monoisotopic (exact) mass is 434 g/mol. The number of hydrogen-bond acceptors (Lipinski definition) is 7. The van der Waals surface area contributed by atoms with Crippen LogP contribution < -0.4 is 10.6 Å². The highest BCUT2D eigenvalue weighted by molar-refractivity contribution is 6.04. The highest BCUT2D eigenvalue weighted by Gasteiger charge is 2.30. The van der Waals surface area contributed by atoms with Crippen LogP contribution in [0, 0.1) is 6.92 Å². The number of alkyl carbamates (subject to hydrolysis) is 1. The molecular weight excluding hydrogens is 412 g/mol. The zero-order chi connectivity index (χ0) is 22.9. The van der Waals surface area contributed by atoms with Gasteiger partial charge in [-0.2, -0.15) is 4.98 Å². The van der Waals surface area contributed by atoms with Gasteiger partial charge in [-0.25, -0.2) is 9.78 Å². The van der Waals surface area contributed by atoms with Gasteiger partial charge in [-0.05, 0) is 44.5 Å². The minimum absolute atomic E-state index is 0.217. The van der Waals surface area contributed by atoms with E-state index in [4.69, 9.17) is 4.52 Å². The van der Waals surface area contributed by atoms with Gasteiger partial charge >= 0.3 is 6.09 Å². The molecule has 0 bridgehead atoms. The molecule has 2 amide bonds. The Morgan fingerprint density at radius 2 is 2.00 bits per heavy atom. The van der Waals surface area contributed by atoms with Gasteiger partial charge in [0.1, 0.15) is 16.9 Å². The lowest BCUT2D eigenvalue weighted by Crippen LogP contribution is -2.41. The molecule has 164 valence electrons. The van der Waals surface area contributed by atoms with Gasteiger partial charge in [-0.1, -0.05) is 23.4 Å². The van der Waals surface area contributed by atoms with Gasteiger partial charge in [0, 0.05) is 17.4 Å². The van der Waals surface area contributed by atoms with E-state index in [1.807, 2.05) is 37.3 Å². The van der Waals surface area contributed by atoms with Gasteiger partial charge in [0.05, 0.1) is 13.3 Å². The van der Waals surface area contributed by atoms with Crippen LogP contribution in [0.25, 0.3) is 17.0 Å². The van der Waals surface area contributed by atoms with Crippen LogP contribution in [0.5, 0.6) is 0 Å². The summed E-state index contributed by atoms with van der Waals surface area (Å²) < 4.78 is 11.7. The number of pyridine rings is 1. The Balaban J connectivity index is 1.59. The van der Waals surface area contributed by atoms with E-state index in [1.54, 1.807) is 30.5 Å². The van der Waals surface area contributed by atoms with E-state index in [0.29, 0.717) is 28.4 Å². The first-order chi connectivity index (χ1) is 15.3. The number of imidazole rings is 1. The van der Waals surface area contributed by atoms with Crippen molar-refractivity contribution in [2.75, 3.05) is 12.4 Å². The number of methoxy groups -OCH3 is 1. The molecule has 10 nitrogen and oxygen atoms in total. The van der Waals surface area contributed by atoms with E-state index in [0.717, 1.165) is 5.56 Å². The van der Waals surface area contributed by atoms with Gasteiger partial charge in [-0.3, -0.25) is 9.20 Å². The van der Waals surface area contributed by atoms with Crippen molar-refractivity contribution in [1.82, 2.24) is 24.8 Å². The molecule has 0 aliphatic carbocycles. The molecule has 3 aromatic heterocycles. The van der Waals surface area contributed by atoms with Crippen molar-refractivity contribution in [3.05, 3.63) is 65.9 Å². The first kappa shape index (κ1) is 21.0. The number of nitrogens with zero attached hydrogens (tertiary/aromatic N) is 4. The molecular formula is C22H22N6O4. The van der Waals surface area contributed by atoms with Crippen molar-refractivity contribution in [3.63, 3.8) is 0 Å². The number of anilines is 1. The third-order valence-electron chi connectivity index (χ3n) is 4.95. The number of fused-ring (bicyclic) bond motifs is 1. The molecule has 4 aromatic rings. The number of aromatic nitrogens is 4. The van der Waals surface area contributed by atoms with Crippen molar-refractivity contribution in [2.45, 2.75) is 26.3 Å². The predicted octanol–water partition coefficient (Wildman–Crippen LogP) is 3.54. The zero-order valence-corrected chi connectivity index (χ0v) is 18.0. The Labute approximate surface area is 183 Å². The maximum Gasteiger partial charge on any atom is 0.407 e. The van der Waals surface area contributed by atoms with E-state index in [2.05, 4.69) is 30.5 Å². The summed E-state index contributed by atoms with van der Waals surface area (Å²) in [6, 6.07) is 11.0. The summed E-state index contributed by atoms with van der Waals surface area (Å²) in [5.41, 5.74) is 2.30. The van der Waals surface area contributed by atoms with E-state index in [-0.39, 0.29) is 11.8 Å². The van der Waals surface area contributed by atoms with Crippen molar-refractivity contribution in [2.24, 2.45) is 0 Å². The summed E-state index contributed by atoms with van der Waals surface area (Å²) in [5.74, 6) is 0.251. The molecule has 0 saturated heterocycles. The molecule has 0 spiro atoms. The number of ether oxygens (including phenoxy) is 1. The summed E-state index contributed by atoms with van der Waals surface area (Å²) >= 11 is 0. The average Bonchev–Trinajstić information content (AvgIpc) is 3.43. The van der Waals surface area contributed by atoms with E-state index < -0.39 is 11.6 Å². The number of carbonyl (C=O) groups is 2. The van der Waals surface area contributed by atoms with E-state index in [1.165, 1.54) is 13.3 Å². The molecule has 10 heteroatoms. The number of aryl methyl sites for hydroxylation is 1. The summed E-state index contributed by atoms with van der Waals surface area (Å²) in [6.45, 7) is 5.33. The molecule has 0 atom stereocenters. The lowest BCUT2D eigenvalue weighted by Gasteiger charge is -2.20. The standard InChI is InChI=1S/C22H22N6O4/c1-13-8-9-14(18-25-20(32-27-18)22(2,3)26-21(30)31-4)11-15(13)24-19(29)16-12-23-17-7-5-6-10-28(16)17/h5-12H,1-4H3,(H,24,29)(H,26,30). The summed E-state index contributed by atoms with van der Waals surface area (Å²) in [4.78, 5) is 33.1. The number of hydrogen-bond donors (Lipinski definition) is 2. The first-order valence-corrected chi connectivity index (χ1v) is 9.83. The topological polar surface area (TPSA) is 124 Å². The Morgan fingerprint density at radius 1 is 1.19 bits per heavy atom. The predicted molar refractivity (Wildman–Crippen MR) is 116 cm³/mol. The lowest BCUT2D eigenvalue weighted by molar-refractivity contribution is 0.102. The third kappa shape index (κ3) is 4.02. The molecule has 3 heterocycles. The van der Waals surface area contributed by atoms with Crippen LogP contribution in [0.1, 0.15) is 35.8 Å². The Hall–Kier alpha value is -4.21. The summed E-state index contributed by atoms with van der Waals surface area (Å²) in [5, 5.41) is 9.59. The fourth-order valence-corrected chi connectivity index (χ4v) is 3.14. The van der Waals surface area contributed by atoms with Gasteiger partial charge in [0.2, 0.25) is 5.82 Å². The van der Waals surface area contributed by atoms with Crippen LogP contribution in [-0.2, 0) is 10.3 Å². The highest BCUT2D eigenvalue weighted by atomic mass is 16.5. The average molecular weight is 434 g/mol. The van der Waals surface area contributed by atoms with Gasteiger partial charge in [-0.15, -0.1) is 0 Å². The molecule has 4 rings (SSSR count). The third-order valence-corrected chi connectivity index (χ3v) is 4.95. The van der Waals surface area contributed by atoms with E-state index >= 15 is 0 Å². The van der Waals surface area contributed by atoms with Crippen LogP contribution in [0.15, 0.2) is 53.3 Å². The number of benzene rings is 1. The van der Waals surface area contributed by atoms with Crippen LogP contribution >= 0.6 is 0 Å². The number of amides is 2. The molecule has 0 saturated carbocycles. The van der Waals surface area contributed by atoms with Crippen molar-refractivity contribution < 1.29 is 18.8 Å². The lowest BCUT2D eigenvalue weighted by atomic mass is 10.1. The van der Waals surface area contributed by atoms with Crippen LogP contribution in [-0.4, -0.2) is 38.6 Å². The first-order valence-electron chi connectivity index (χ1n) is 9.83. The number of rotatable bonds is 5. The smallest absolute Gasteiger partial charge is 0.407 e. The van der Waals surface area contributed by atoms with Crippen molar-refractivity contribution >= 4 is 23.3 Å². The van der Waals surface area contributed by atoms with Crippen LogP contribution in [0.2, 0.25) is 0 Å². The maximum atomic E-state index is 12.9. The second-order valence-electron chi connectivity index (χ2n) is 7.72. The second-order valence-corrected chi connectivity index (χ2v) is 7.72. The van der Waals surface area contributed by atoms with Gasteiger partial charge in [0.25, 0.3) is 11.8 Å². The second kappa shape index (κ2) is 8.14. The van der Waals surface area contributed by atoms with Crippen molar-refractivity contribution in [1.29, 1.82) is 0 Å². The van der Waals surface area contributed by atoms with Crippen LogP contribution in [0.4, 0.5) is 10.5 Å². The minimum Gasteiger partial charge on any atom is -0.453 e. The number of nitrogens with one attached hydrogen (secondary N) is 2. The fourth-order valence-electron chi connectivity index (χ4n) is 3.14. The van der Waals surface area contributed by atoms with Crippen molar-refractivity contribution in [3.8, 4) is 11.4 Å². The zero-order valence-electron chi connectivity index (χ0n) is 18.0. The summed E-state index contributed by atoms with van der Waals surface area (Å²) in [6.07, 6.45) is 2.71. The Morgan fingerprint density at radius 3 is 2.78 bits per heavy atom. The Bertz CT molecular complexity index is 1310. The summed E-state index contributed by atoms with van der Waals surface area (Å²) in [7, 11) is 1.28. The maximum absolute atomic E-state index is 12.9. The molecule has 0 aliphatic heterocycles. The minimum atomic E-state index is -0.927. The normalized spacial score (nSPS) is 11.4. The largest absolute Gasteiger partial charge is 0.453 e. The van der Waals surface area contributed by atoms with Gasteiger partial charge in [0.15, 0.2) is 0 Å². The molecule has 0 aliphatic rings. The molecule has 2 N–H and O–H groups in total. The fraction of sp³-hybridized carbons (Fsp3) is 0.227. The van der Waals surface area contributed by atoms with Gasteiger partial charge < -0.3 is 19.9 Å². The highest BCUT2D eigenvalue weighted by Crippen LogP contribution is 2.26. The Kier molecular flexibility index (Phi) is 5.35. The molecule has 1 aromatic carbocycles.